The van der Waals surface area contributed by atoms with Crippen LogP contribution in [0.2, 0.25) is 0 Å². The fourth-order valence-corrected chi connectivity index (χ4v) is 3.60. The van der Waals surface area contributed by atoms with Crippen LogP contribution in [-0.2, 0) is 14.3 Å². The monoisotopic (exact) mass is 333 g/mol. The fourth-order valence-electron chi connectivity index (χ4n) is 3.60. The maximum absolute atomic E-state index is 12.3. The van der Waals surface area contributed by atoms with E-state index in [1.54, 1.807) is 0 Å². The Hall–Kier alpha value is -1.59. The topological polar surface area (TPSA) is 56.8 Å². The van der Waals surface area contributed by atoms with Crippen molar-refractivity contribution in [3.63, 3.8) is 0 Å². The minimum atomic E-state index is 0.0647. The highest BCUT2D eigenvalue weighted by atomic mass is 16.5. The molecule has 0 spiro atoms. The summed E-state index contributed by atoms with van der Waals surface area (Å²) in [5.74, 6) is 1.86. The molecule has 2 fully saturated rings. The molecular weight excluding hydrogens is 306 g/mol. The molecular formula is C19H27NO4. The lowest BCUT2D eigenvalue weighted by Gasteiger charge is -2.39. The Morgan fingerprint density at radius 3 is 2.62 bits per heavy atom. The van der Waals surface area contributed by atoms with Crippen molar-refractivity contribution in [2.75, 3.05) is 33.0 Å². The van der Waals surface area contributed by atoms with Crippen molar-refractivity contribution in [1.82, 2.24) is 5.32 Å². The molecule has 132 valence electrons. The second-order valence-electron chi connectivity index (χ2n) is 6.56. The second-order valence-corrected chi connectivity index (χ2v) is 6.56. The normalized spacial score (nSPS) is 25.2. The molecule has 0 radical (unpaired) electrons. The molecule has 3 rings (SSSR count). The number of rotatable bonds is 6. The quantitative estimate of drug-likeness (QED) is 0.868. The number of benzene rings is 1. The van der Waals surface area contributed by atoms with Crippen molar-refractivity contribution in [1.29, 1.82) is 0 Å². The van der Waals surface area contributed by atoms with Crippen LogP contribution in [-0.4, -0.2) is 45.0 Å². The molecule has 0 aromatic heterocycles. The molecule has 0 bridgehead atoms. The van der Waals surface area contributed by atoms with E-state index >= 15 is 0 Å². The van der Waals surface area contributed by atoms with Gasteiger partial charge in [-0.3, -0.25) is 4.79 Å². The van der Waals surface area contributed by atoms with Crippen LogP contribution in [0.4, 0.5) is 0 Å². The minimum absolute atomic E-state index is 0.0647. The largest absolute Gasteiger partial charge is 0.493 e. The molecule has 5 heteroatoms. The molecule has 2 aliphatic heterocycles. The summed E-state index contributed by atoms with van der Waals surface area (Å²) < 4.78 is 16.7. The molecule has 1 N–H and O–H groups in total. The van der Waals surface area contributed by atoms with Crippen LogP contribution >= 0.6 is 0 Å². The molecule has 2 saturated heterocycles. The lowest BCUT2D eigenvalue weighted by molar-refractivity contribution is -0.124. The summed E-state index contributed by atoms with van der Waals surface area (Å²) >= 11 is 0. The van der Waals surface area contributed by atoms with E-state index in [4.69, 9.17) is 14.2 Å². The predicted molar refractivity (Wildman–Crippen MR) is 91.0 cm³/mol. The van der Waals surface area contributed by atoms with Crippen LogP contribution in [0.15, 0.2) is 30.3 Å². The smallest absolute Gasteiger partial charge is 0.223 e. The van der Waals surface area contributed by atoms with Crippen molar-refractivity contribution in [3.05, 3.63) is 30.3 Å². The fraction of sp³-hybridized carbons (Fsp3) is 0.632. The van der Waals surface area contributed by atoms with Crippen LogP contribution in [0, 0.1) is 11.8 Å². The van der Waals surface area contributed by atoms with Crippen LogP contribution in [0.25, 0.3) is 0 Å². The van der Waals surface area contributed by atoms with E-state index in [1.807, 2.05) is 30.3 Å². The van der Waals surface area contributed by atoms with Crippen LogP contribution < -0.4 is 10.1 Å². The van der Waals surface area contributed by atoms with E-state index in [0.717, 1.165) is 51.4 Å². The lowest BCUT2D eigenvalue weighted by atomic mass is 9.79. The number of hydrogen-bond donors (Lipinski definition) is 1. The van der Waals surface area contributed by atoms with Gasteiger partial charge < -0.3 is 19.5 Å². The van der Waals surface area contributed by atoms with Gasteiger partial charge in [-0.15, -0.1) is 0 Å². The summed E-state index contributed by atoms with van der Waals surface area (Å²) in [4.78, 5) is 12.3. The van der Waals surface area contributed by atoms with E-state index < -0.39 is 0 Å². The molecule has 24 heavy (non-hydrogen) atoms. The highest BCUT2D eigenvalue weighted by Gasteiger charge is 2.34. The number of para-hydroxylation sites is 1. The third kappa shape index (κ3) is 4.95. The van der Waals surface area contributed by atoms with Gasteiger partial charge in [0.25, 0.3) is 0 Å². The Kier molecular flexibility index (Phi) is 6.49. The molecule has 2 atom stereocenters. The zero-order valence-corrected chi connectivity index (χ0v) is 14.1. The summed E-state index contributed by atoms with van der Waals surface area (Å²) in [6, 6.07) is 9.81. The number of ether oxygens (including phenoxy) is 3. The van der Waals surface area contributed by atoms with Gasteiger partial charge in [-0.1, -0.05) is 18.2 Å². The van der Waals surface area contributed by atoms with Gasteiger partial charge in [-0.2, -0.15) is 0 Å². The van der Waals surface area contributed by atoms with E-state index in [-0.39, 0.29) is 11.9 Å². The van der Waals surface area contributed by atoms with E-state index in [0.29, 0.717) is 24.9 Å². The minimum Gasteiger partial charge on any atom is -0.493 e. The molecule has 2 heterocycles. The third-order valence-corrected chi connectivity index (χ3v) is 4.96. The molecule has 0 saturated carbocycles. The van der Waals surface area contributed by atoms with Gasteiger partial charge in [0.15, 0.2) is 0 Å². The summed E-state index contributed by atoms with van der Waals surface area (Å²) in [7, 11) is 0. The van der Waals surface area contributed by atoms with E-state index in [2.05, 4.69) is 5.32 Å². The number of amides is 1. The molecule has 5 nitrogen and oxygen atoms in total. The molecule has 2 aliphatic rings. The van der Waals surface area contributed by atoms with Crippen molar-refractivity contribution >= 4 is 5.91 Å². The van der Waals surface area contributed by atoms with Gasteiger partial charge in [0.2, 0.25) is 5.91 Å². The second kappa shape index (κ2) is 9.04. The SMILES string of the molecule is O=C(CCOc1ccccc1)N[C@H]1CCOC[C@H]1C1CCOCC1. The highest BCUT2D eigenvalue weighted by Crippen LogP contribution is 2.30. The summed E-state index contributed by atoms with van der Waals surface area (Å²) in [5.41, 5.74) is 0. The van der Waals surface area contributed by atoms with Gasteiger partial charge in [0.1, 0.15) is 5.75 Å². The van der Waals surface area contributed by atoms with Crippen molar-refractivity contribution in [2.24, 2.45) is 11.8 Å². The Morgan fingerprint density at radius 2 is 1.83 bits per heavy atom. The van der Waals surface area contributed by atoms with Gasteiger partial charge in [-0.25, -0.2) is 0 Å². The molecule has 0 aliphatic carbocycles. The average molecular weight is 333 g/mol. The average Bonchev–Trinajstić information content (AvgIpc) is 2.64. The van der Waals surface area contributed by atoms with Gasteiger partial charge in [-0.05, 0) is 37.3 Å². The van der Waals surface area contributed by atoms with E-state index in [9.17, 15) is 4.79 Å². The molecule has 0 unspecified atom stereocenters. The predicted octanol–water partition coefficient (Wildman–Crippen LogP) is 2.40. The van der Waals surface area contributed by atoms with Gasteiger partial charge in [0.05, 0.1) is 19.6 Å². The van der Waals surface area contributed by atoms with Gasteiger partial charge in [0, 0.05) is 31.8 Å². The molecule has 1 aromatic rings. The first kappa shape index (κ1) is 17.2. The maximum atomic E-state index is 12.3. The van der Waals surface area contributed by atoms with Crippen LogP contribution in [0.5, 0.6) is 5.75 Å². The summed E-state index contributed by atoms with van der Waals surface area (Å²) in [5, 5.41) is 3.21. The lowest BCUT2D eigenvalue weighted by Crippen LogP contribution is -2.49. The number of carbonyl (C=O) groups excluding carboxylic acids is 1. The zero-order chi connectivity index (χ0) is 16.6. The number of hydrogen-bond acceptors (Lipinski definition) is 4. The third-order valence-electron chi connectivity index (χ3n) is 4.96. The van der Waals surface area contributed by atoms with Crippen LogP contribution in [0.1, 0.15) is 25.7 Å². The summed E-state index contributed by atoms with van der Waals surface area (Å²) in [6.07, 6.45) is 3.41. The van der Waals surface area contributed by atoms with Crippen molar-refractivity contribution < 1.29 is 19.0 Å². The Morgan fingerprint density at radius 1 is 1.08 bits per heavy atom. The zero-order valence-electron chi connectivity index (χ0n) is 14.1. The number of nitrogens with one attached hydrogen (secondary N) is 1. The first-order chi connectivity index (χ1) is 11.8. The standard InChI is InChI=1S/C19H27NO4/c21-19(9-13-24-16-4-2-1-3-5-16)20-18-8-12-23-14-17(18)15-6-10-22-11-7-15/h1-5,15,17-18H,6-14H2,(H,20,21)/t17-,18-/m0/s1. The summed E-state index contributed by atoms with van der Waals surface area (Å²) in [6.45, 7) is 3.53. The number of carbonyl (C=O) groups is 1. The Bertz CT molecular complexity index is 501. The van der Waals surface area contributed by atoms with E-state index in [1.165, 1.54) is 0 Å². The Labute approximate surface area is 143 Å². The molecule has 1 amide bonds. The van der Waals surface area contributed by atoms with Crippen molar-refractivity contribution in [3.8, 4) is 5.75 Å². The molecule has 1 aromatic carbocycles. The maximum Gasteiger partial charge on any atom is 0.223 e. The van der Waals surface area contributed by atoms with Crippen LogP contribution in [0.3, 0.4) is 0 Å². The first-order valence-corrected chi connectivity index (χ1v) is 8.95. The van der Waals surface area contributed by atoms with Crippen molar-refractivity contribution in [2.45, 2.75) is 31.7 Å². The Balaban J connectivity index is 1.44. The highest BCUT2D eigenvalue weighted by molar-refractivity contribution is 5.76. The first-order valence-electron chi connectivity index (χ1n) is 8.95. The van der Waals surface area contributed by atoms with Gasteiger partial charge >= 0.3 is 0 Å².